The van der Waals surface area contributed by atoms with Crippen molar-refractivity contribution in [3.63, 3.8) is 0 Å². The molecule has 4 aromatic rings. The van der Waals surface area contributed by atoms with Crippen molar-refractivity contribution in [3.05, 3.63) is 102 Å². The van der Waals surface area contributed by atoms with Gasteiger partial charge in [0.1, 0.15) is 5.75 Å². The first-order valence-electron chi connectivity index (χ1n) is 10.7. The molecule has 1 aromatic heterocycles. The van der Waals surface area contributed by atoms with Gasteiger partial charge in [-0.25, -0.2) is 0 Å². The summed E-state index contributed by atoms with van der Waals surface area (Å²) in [7, 11) is 1.67. The van der Waals surface area contributed by atoms with Crippen molar-refractivity contribution in [1.29, 1.82) is 0 Å². The zero-order valence-corrected chi connectivity index (χ0v) is 17.8. The Labute approximate surface area is 183 Å². The van der Waals surface area contributed by atoms with Gasteiger partial charge >= 0.3 is 0 Å². The van der Waals surface area contributed by atoms with Crippen LogP contribution in [0.25, 0.3) is 10.9 Å². The number of carbonyl (C=O) groups is 1. The van der Waals surface area contributed by atoms with Crippen molar-refractivity contribution in [3.8, 4) is 5.75 Å². The summed E-state index contributed by atoms with van der Waals surface area (Å²) < 4.78 is 5.31. The van der Waals surface area contributed by atoms with E-state index in [0.717, 1.165) is 29.7 Å². The van der Waals surface area contributed by atoms with E-state index >= 15 is 0 Å². The van der Waals surface area contributed by atoms with Crippen molar-refractivity contribution in [1.82, 2.24) is 10.3 Å². The number of fused-ring (bicyclic) bond motifs is 1. The number of para-hydroxylation sites is 1. The molecule has 1 heterocycles. The van der Waals surface area contributed by atoms with Crippen LogP contribution in [0.4, 0.5) is 0 Å². The van der Waals surface area contributed by atoms with Crippen LogP contribution in [-0.4, -0.2) is 24.5 Å². The number of H-pyrrole nitrogens is 1. The fourth-order valence-corrected chi connectivity index (χ4v) is 4.03. The van der Waals surface area contributed by atoms with Crippen LogP contribution in [0.15, 0.2) is 85.1 Å². The molecule has 0 saturated heterocycles. The molecule has 2 N–H and O–H groups in total. The average Bonchev–Trinajstić information content (AvgIpc) is 3.24. The molecule has 0 aliphatic carbocycles. The van der Waals surface area contributed by atoms with Crippen LogP contribution in [0.2, 0.25) is 0 Å². The Bertz CT molecular complexity index is 1120. The number of methoxy groups -OCH3 is 1. The third-order valence-electron chi connectivity index (χ3n) is 5.73. The number of aromatic amines is 1. The van der Waals surface area contributed by atoms with E-state index in [1.165, 1.54) is 16.5 Å². The Morgan fingerprint density at radius 2 is 1.71 bits per heavy atom. The number of benzene rings is 3. The molecule has 4 nitrogen and oxygen atoms in total. The predicted molar refractivity (Wildman–Crippen MR) is 126 cm³/mol. The minimum absolute atomic E-state index is 0.0557. The van der Waals surface area contributed by atoms with Crippen LogP contribution in [-0.2, 0) is 11.2 Å². The van der Waals surface area contributed by atoms with Crippen LogP contribution < -0.4 is 10.1 Å². The fourth-order valence-electron chi connectivity index (χ4n) is 4.03. The van der Waals surface area contributed by atoms with Gasteiger partial charge in [0, 0.05) is 36.0 Å². The lowest BCUT2D eigenvalue weighted by Crippen LogP contribution is -2.28. The van der Waals surface area contributed by atoms with Crippen molar-refractivity contribution < 1.29 is 9.53 Å². The summed E-state index contributed by atoms with van der Waals surface area (Å²) in [6.45, 7) is 0.554. The first-order chi connectivity index (χ1) is 15.2. The number of ether oxygens (including phenoxy) is 1. The van der Waals surface area contributed by atoms with Crippen molar-refractivity contribution in [2.45, 2.75) is 25.2 Å². The van der Waals surface area contributed by atoms with Gasteiger partial charge in [-0.1, -0.05) is 60.7 Å². The van der Waals surface area contributed by atoms with E-state index in [1.807, 2.05) is 42.5 Å². The van der Waals surface area contributed by atoms with Crippen molar-refractivity contribution in [2.24, 2.45) is 0 Å². The molecule has 158 valence electrons. The second-order valence-corrected chi connectivity index (χ2v) is 7.76. The Hall–Kier alpha value is -3.53. The number of carbonyl (C=O) groups excluding carboxylic acids is 1. The molecule has 1 atom stereocenters. The summed E-state index contributed by atoms with van der Waals surface area (Å²) in [5.41, 5.74) is 4.70. The predicted octanol–water partition coefficient (Wildman–Crippen LogP) is 5.45. The van der Waals surface area contributed by atoms with Gasteiger partial charge in [-0.2, -0.15) is 0 Å². The van der Waals surface area contributed by atoms with E-state index in [0.29, 0.717) is 13.0 Å². The maximum Gasteiger partial charge on any atom is 0.220 e. The van der Waals surface area contributed by atoms with Crippen LogP contribution in [0.5, 0.6) is 5.75 Å². The molecule has 0 bridgehead atoms. The monoisotopic (exact) mass is 412 g/mol. The van der Waals surface area contributed by atoms with Gasteiger partial charge < -0.3 is 15.0 Å². The number of amides is 1. The molecule has 0 aliphatic heterocycles. The first-order valence-corrected chi connectivity index (χ1v) is 10.7. The highest BCUT2D eigenvalue weighted by Gasteiger charge is 2.19. The standard InChI is InChI=1S/C27H28N2O2/c1-31-22-16-14-21(15-17-22)24(25-19-28-26-12-6-5-11-23(25)26)18-29-27(30)13-7-10-20-8-3-2-4-9-20/h2-6,8-9,11-12,14-17,19,24,28H,7,10,13,18H2,1H3,(H,29,30). The summed E-state index contributed by atoms with van der Waals surface area (Å²) in [5, 5.41) is 4.35. The zero-order valence-electron chi connectivity index (χ0n) is 17.8. The van der Waals surface area contributed by atoms with Gasteiger partial charge in [0.15, 0.2) is 0 Å². The van der Waals surface area contributed by atoms with Gasteiger partial charge in [0.05, 0.1) is 7.11 Å². The van der Waals surface area contributed by atoms with E-state index in [4.69, 9.17) is 4.74 Å². The average molecular weight is 413 g/mol. The molecular formula is C27H28N2O2. The van der Waals surface area contributed by atoms with Crippen molar-refractivity contribution >= 4 is 16.8 Å². The Kier molecular flexibility index (Phi) is 6.68. The maximum absolute atomic E-state index is 12.6. The first kappa shape index (κ1) is 20.7. The van der Waals surface area contributed by atoms with Gasteiger partial charge in [0.25, 0.3) is 0 Å². The summed E-state index contributed by atoms with van der Waals surface area (Å²) in [5.74, 6) is 0.973. The van der Waals surface area contributed by atoms with Crippen LogP contribution in [0, 0.1) is 0 Å². The Morgan fingerprint density at radius 1 is 0.968 bits per heavy atom. The van der Waals surface area contributed by atoms with E-state index < -0.39 is 0 Å². The van der Waals surface area contributed by atoms with E-state index in [2.05, 4.69) is 52.9 Å². The highest BCUT2D eigenvalue weighted by atomic mass is 16.5. The number of nitrogens with one attached hydrogen (secondary N) is 2. The summed E-state index contributed by atoms with van der Waals surface area (Å²) in [6.07, 6.45) is 4.34. The Balaban J connectivity index is 1.46. The highest BCUT2D eigenvalue weighted by Crippen LogP contribution is 2.31. The normalized spacial score (nSPS) is 11.9. The number of aryl methyl sites for hydroxylation is 1. The molecule has 4 rings (SSSR count). The van der Waals surface area contributed by atoms with Gasteiger partial charge in [-0.3, -0.25) is 4.79 Å². The second-order valence-electron chi connectivity index (χ2n) is 7.76. The van der Waals surface area contributed by atoms with Crippen LogP contribution in [0.3, 0.4) is 0 Å². The lowest BCUT2D eigenvalue weighted by atomic mass is 9.90. The van der Waals surface area contributed by atoms with Gasteiger partial charge in [0.2, 0.25) is 5.91 Å². The summed E-state index contributed by atoms with van der Waals surface area (Å²) in [6, 6.07) is 26.7. The minimum Gasteiger partial charge on any atom is -0.497 e. The summed E-state index contributed by atoms with van der Waals surface area (Å²) >= 11 is 0. The SMILES string of the molecule is COc1ccc(C(CNC(=O)CCCc2ccccc2)c2c[nH]c3ccccc23)cc1. The second kappa shape index (κ2) is 9.98. The molecule has 3 aromatic carbocycles. The maximum atomic E-state index is 12.6. The minimum atomic E-state index is 0.0557. The number of hydrogen-bond donors (Lipinski definition) is 2. The molecule has 0 radical (unpaired) electrons. The largest absolute Gasteiger partial charge is 0.497 e. The molecule has 1 unspecified atom stereocenters. The number of aromatic nitrogens is 1. The van der Waals surface area contributed by atoms with Gasteiger partial charge in [-0.15, -0.1) is 0 Å². The lowest BCUT2D eigenvalue weighted by molar-refractivity contribution is -0.121. The number of hydrogen-bond acceptors (Lipinski definition) is 2. The van der Waals surface area contributed by atoms with E-state index in [9.17, 15) is 4.79 Å². The quantitative estimate of drug-likeness (QED) is 0.384. The van der Waals surface area contributed by atoms with Crippen LogP contribution in [0.1, 0.15) is 35.4 Å². The zero-order chi connectivity index (χ0) is 21.5. The summed E-state index contributed by atoms with van der Waals surface area (Å²) in [4.78, 5) is 15.9. The molecule has 4 heteroatoms. The third-order valence-corrected chi connectivity index (χ3v) is 5.73. The van der Waals surface area contributed by atoms with E-state index in [-0.39, 0.29) is 11.8 Å². The molecular weight excluding hydrogens is 384 g/mol. The smallest absolute Gasteiger partial charge is 0.220 e. The molecule has 0 aliphatic rings. The molecule has 0 saturated carbocycles. The molecule has 0 spiro atoms. The highest BCUT2D eigenvalue weighted by molar-refractivity contribution is 5.84. The fraction of sp³-hybridized carbons (Fsp3) is 0.222. The van der Waals surface area contributed by atoms with Crippen molar-refractivity contribution in [2.75, 3.05) is 13.7 Å². The molecule has 1 amide bonds. The van der Waals surface area contributed by atoms with E-state index in [1.54, 1.807) is 7.11 Å². The lowest BCUT2D eigenvalue weighted by Gasteiger charge is -2.19. The Morgan fingerprint density at radius 3 is 2.48 bits per heavy atom. The molecule has 0 fully saturated rings. The number of rotatable bonds is 9. The van der Waals surface area contributed by atoms with Crippen LogP contribution >= 0.6 is 0 Å². The topological polar surface area (TPSA) is 54.1 Å². The van der Waals surface area contributed by atoms with Gasteiger partial charge in [-0.05, 0) is 47.7 Å². The third kappa shape index (κ3) is 5.15. The molecule has 31 heavy (non-hydrogen) atoms.